The number of pyridine rings is 1. The quantitative estimate of drug-likeness (QED) is 0.606. The Morgan fingerprint density at radius 2 is 2.00 bits per heavy atom. The Morgan fingerprint density at radius 3 is 2.71 bits per heavy atom. The second kappa shape index (κ2) is 7.66. The van der Waals surface area contributed by atoms with Crippen molar-refractivity contribution in [2.24, 2.45) is 5.73 Å². The summed E-state index contributed by atoms with van der Waals surface area (Å²) in [6.45, 7) is 2.49. The molecule has 2 fully saturated rings. The summed E-state index contributed by atoms with van der Waals surface area (Å²) in [7, 11) is 0. The van der Waals surface area contributed by atoms with Gasteiger partial charge in [-0.05, 0) is 29.7 Å². The molecule has 3 amide bonds. The molecule has 0 aliphatic carbocycles. The summed E-state index contributed by atoms with van der Waals surface area (Å²) in [5.74, 6) is 0.0608. The fraction of sp³-hybridized carbons (Fsp3) is 0.364. The van der Waals surface area contributed by atoms with E-state index in [0.717, 1.165) is 35.7 Å². The number of piperidine rings is 1. The van der Waals surface area contributed by atoms with E-state index in [9.17, 15) is 14.4 Å². The summed E-state index contributed by atoms with van der Waals surface area (Å²) in [6, 6.07) is 9.29. The number of nitrogens with two attached hydrogens (primary N) is 1. The van der Waals surface area contributed by atoms with Gasteiger partial charge in [0.25, 0.3) is 5.91 Å². The highest BCUT2D eigenvalue weighted by Crippen LogP contribution is 2.30. The zero-order valence-electron chi connectivity index (χ0n) is 17.0. The lowest BCUT2D eigenvalue weighted by molar-refractivity contribution is -0.136. The first-order valence-corrected chi connectivity index (χ1v) is 10.5. The van der Waals surface area contributed by atoms with Crippen molar-refractivity contribution in [1.82, 2.24) is 15.2 Å². The minimum Gasteiger partial charge on any atom is -0.380 e. The molecule has 0 saturated carbocycles. The smallest absolute Gasteiger partial charge is 0.255 e. The summed E-state index contributed by atoms with van der Waals surface area (Å²) in [6.07, 6.45) is 2.38. The van der Waals surface area contributed by atoms with Crippen LogP contribution in [-0.2, 0) is 22.7 Å². The maximum atomic E-state index is 13.1. The topological polar surface area (TPSA) is 121 Å². The Balaban J connectivity index is 1.28. The van der Waals surface area contributed by atoms with Gasteiger partial charge in [0, 0.05) is 44.2 Å². The number of nitrogens with zero attached hydrogens (tertiary/aromatic N) is 3. The number of aromatic nitrogens is 1. The predicted octanol–water partition coefficient (Wildman–Crippen LogP) is 0.602. The molecule has 1 unspecified atom stereocenters. The minimum absolute atomic E-state index is 0.163. The average molecular weight is 420 g/mol. The van der Waals surface area contributed by atoms with Crippen LogP contribution < -0.4 is 21.3 Å². The van der Waals surface area contributed by atoms with Crippen LogP contribution in [0.3, 0.4) is 0 Å². The SMILES string of the molecule is NC1CN(c2ccc(NCc3cccc4c3C(=O)N(C3CCC(=O)NC3=O)C4)cn2)C1. The highest BCUT2D eigenvalue weighted by atomic mass is 16.2. The Labute approximate surface area is 179 Å². The van der Waals surface area contributed by atoms with E-state index in [1.54, 1.807) is 11.1 Å². The molecule has 3 aliphatic heterocycles. The van der Waals surface area contributed by atoms with Gasteiger partial charge in [-0.2, -0.15) is 0 Å². The molecule has 2 saturated heterocycles. The van der Waals surface area contributed by atoms with Crippen LogP contribution in [0.25, 0.3) is 0 Å². The summed E-state index contributed by atoms with van der Waals surface area (Å²) in [5.41, 5.74) is 9.09. The molecule has 31 heavy (non-hydrogen) atoms. The highest BCUT2D eigenvalue weighted by molar-refractivity contribution is 6.06. The number of hydrogen-bond donors (Lipinski definition) is 3. The number of hydrogen-bond acceptors (Lipinski definition) is 7. The van der Waals surface area contributed by atoms with Crippen LogP contribution in [-0.4, -0.2) is 52.8 Å². The third kappa shape index (κ3) is 3.61. The number of carbonyl (C=O) groups is 3. The van der Waals surface area contributed by atoms with E-state index in [-0.39, 0.29) is 24.3 Å². The van der Waals surface area contributed by atoms with Crippen LogP contribution >= 0.6 is 0 Å². The van der Waals surface area contributed by atoms with Crippen molar-refractivity contribution in [3.63, 3.8) is 0 Å². The third-order valence-electron chi connectivity index (χ3n) is 6.10. The van der Waals surface area contributed by atoms with Gasteiger partial charge in [-0.3, -0.25) is 19.7 Å². The minimum atomic E-state index is -0.607. The molecule has 4 heterocycles. The molecule has 0 spiro atoms. The molecule has 5 rings (SSSR count). The average Bonchev–Trinajstić information content (AvgIpc) is 3.07. The largest absolute Gasteiger partial charge is 0.380 e. The normalized spacial score (nSPS) is 21.1. The van der Waals surface area contributed by atoms with Crippen molar-refractivity contribution in [2.45, 2.75) is 38.0 Å². The van der Waals surface area contributed by atoms with Gasteiger partial charge in [0.15, 0.2) is 0 Å². The Bertz CT molecular complexity index is 1050. The summed E-state index contributed by atoms with van der Waals surface area (Å²) >= 11 is 0. The van der Waals surface area contributed by atoms with Gasteiger partial charge >= 0.3 is 0 Å². The molecule has 160 valence electrons. The zero-order valence-corrected chi connectivity index (χ0v) is 17.0. The molecule has 1 aromatic carbocycles. The Morgan fingerprint density at radius 1 is 1.16 bits per heavy atom. The van der Waals surface area contributed by atoms with Gasteiger partial charge in [-0.15, -0.1) is 0 Å². The number of carbonyl (C=O) groups excluding carboxylic acids is 3. The van der Waals surface area contributed by atoms with Crippen molar-refractivity contribution in [3.8, 4) is 0 Å². The van der Waals surface area contributed by atoms with Crippen LogP contribution in [0.15, 0.2) is 36.5 Å². The van der Waals surface area contributed by atoms with E-state index in [1.165, 1.54) is 0 Å². The molecule has 9 heteroatoms. The number of amides is 3. The van der Waals surface area contributed by atoms with E-state index in [4.69, 9.17) is 5.73 Å². The third-order valence-corrected chi connectivity index (χ3v) is 6.10. The van der Waals surface area contributed by atoms with Crippen molar-refractivity contribution in [3.05, 3.63) is 53.2 Å². The number of rotatable bonds is 5. The standard InChI is InChI=1S/C22H24N6O3/c23-15-11-27(12-15)18-6-4-16(9-25-18)24-8-13-2-1-3-14-10-28(22(31)20(13)14)17-5-7-19(29)26-21(17)30/h1-4,6,9,15,17,24H,5,7-8,10-12,23H2,(H,26,29,30). The van der Waals surface area contributed by atoms with Crippen LogP contribution in [0.1, 0.15) is 34.3 Å². The molecular formula is C22H24N6O3. The molecule has 1 aromatic heterocycles. The molecule has 4 N–H and O–H groups in total. The van der Waals surface area contributed by atoms with E-state index in [2.05, 4.69) is 20.5 Å². The highest BCUT2D eigenvalue weighted by Gasteiger charge is 2.39. The molecule has 0 bridgehead atoms. The summed E-state index contributed by atoms with van der Waals surface area (Å²) in [5, 5.41) is 5.67. The Hall–Kier alpha value is -3.46. The lowest BCUT2D eigenvalue weighted by Gasteiger charge is -2.37. The van der Waals surface area contributed by atoms with Gasteiger partial charge in [-0.1, -0.05) is 18.2 Å². The predicted molar refractivity (Wildman–Crippen MR) is 114 cm³/mol. The first-order chi connectivity index (χ1) is 15.0. The fourth-order valence-corrected chi connectivity index (χ4v) is 4.41. The number of benzene rings is 1. The number of nitrogens with one attached hydrogen (secondary N) is 2. The van der Waals surface area contributed by atoms with E-state index < -0.39 is 11.9 Å². The molecule has 1 atom stereocenters. The number of imide groups is 1. The maximum absolute atomic E-state index is 13.1. The Kier molecular flexibility index (Phi) is 4.82. The first kappa shape index (κ1) is 19.5. The lowest BCUT2D eigenvalue weighted by atomic mass is 10.0. The van der Waals surface area contributed by atoms with Crippen LogP contribution in [0, 0.1) is 0 Å². The van der Waals surface area contributed by atoms with Crippen LogP contribution in [0.2, 0.25) is 0 Å². The van der Waals surface area contributed by atoms with Gasteiger partial charge in [-0.25, -0.2) is 4.98 Å². The monoisotopic (exact) mass is 420 g/mol. The molecule has 3 aliphatic rings. The fourth-order valence-electron chi connectivity index (χ4n) is 4.41. The van der Waals surface area contributed by atoms with Gasteiger partial charge in [0.1, 0.15) is 11.9 Å². The lowest BCUT2D eigenvalue weighted by Crippen LogP contribution is -2.56. The van der Waals surface area contributed by atoms with E-state index >= 15 is 0 Å². The number of anilines is 2. The van der Waals surface area contributed by atoms with E-state index in [0.29, 0.717) is 25.1 Å². The second-order valence-corrected chi connectivity index (χ2v) is 8.27. The summed E-state index contributed by atoms with van der Waals surface area (Å²) < 4.78 is 0. The first-order valence-electron chi connectivity index (χ1n) is 10.5. The van der Waals surface area contributed by atoms with Gasteiger partial charge < -0.3 is 20.9 Å². The van der Waals surface area contributed by atoms with E-state index in [1.807, 2.05) is 30.3 Å². The maximum Gasteiger partial charge on any atom is 0.255 e. The van der Waals surface area contributed by atoms with Crippen molar-refractivity contribution >= 4 is 29.2 Å². The van der Waals surface area contributed by atoms with Gasteiger partial charge in [0.05, 0.1) is 11.9 Å². The molecule has 0 radical (unpaired) electrons. The van der Waals surface area contributed by atoms with Crippen molar-refractivity contribution < 1.29 is 14.4 Å². The van der Waals surface area contributed by atoms with Crippen molar-refractivity contribution in [2.75, 3.05) is 23.3 Å². The number of fused-ring (bicyclic) bond motifs is 1. The van der Waals surface area contributed by atoms with Crippen LogP contribution in [0.5, 0.6) is 0 Å². The molecule has 9 nitrogen and oxygen atoms in total. The van der Waals surface area contributed by atoms with Crippen molar-refractivity contribution in [1.29, 1.82) is 0 Å². The molecule has 2 aromatic rings. The second-order valence-electron chi connectivity index (χ2n) is 8.27. The summed E-state index contributed by atoms with van der Waals surface area (Å²) in [4.78, 5) is 45.0. The molecular weight excluding hydrogens is 396 g/mol. The zero-order chi connectivity index (χ0) is 21.5. The van der Waals surface area contributed by atoms with Crippen LogP contribution in [0.4, 0.5) is 11.5 Å². The van der Waals surface area contributed by atoms with Gasteiger partial charge in [0.2, 0.25) is 11.8 Å².